The predicted molar refractivity (Wildman–Crippen MR) is 87.0 cm³/mol. The summed E-state index contributed by atoms with van der Waals surface area (Å²) in [6.07, 6.45) is 1.80. The number of halogens is 2. The van der Waals surface area contributed by atoms with Crippen molar-refractivity contribution < 1.29 is 9.90 Å². The van der Waals surface area contributed by atoms with Gasteiger partial charge < -0.3 is 10.0 Å². The van der Waals surface area contributed by atoms with Gasteiger partial charge in [0, 0.05) is 24.0 Å². The van der Waals surface area contributed by atoms with Crippen molar-refractivity contribution in [2.45, 2.75) is 32.7 Å². The van der Waals surface area contributed by atoms with E-state index >= 15 is 0 Å². The fourth-order valence-corrected chi connectivity index (χ4v) is 2.60. The molecule has 0 radical (unpaired) electrons. The molecule has 1 amide bonds. The molecule has 106 valence electrons. The van der Waals surface area contributed by atoms with E-state index in [1.54, 1.807) is 17.0 Å². The van der Waals surface area contributed by atoms with Crippen LogP contribution in [-0.4, -0.2) is 34.4 Å². The van der Waals surface area contributed by atoms with Crippen molar-refractivity contribution in [3.63, 3.8) is 0 Å². The van der Waals surface area contributed by atoms with E-state index in [4.69, 9.17) is 11.6 Å². The van der Waals surface area contributed by atoms with Crippen molar-refractivity contribution in [3.8, 4) is 5.75 Å². The van der Waals surface area contributed by atoms with Gasteiger partial charge in [-0.2, -0.15) is 0 Å². The van der Waals surface area contributed by atoms with E-state index in [1.165, 1.54) is 6.07 Å². The molecule has 0 atom stereocenters. The first-order chi connectivity index (χ1) is 9.04. The lowest BCUT2D eigenvalue weighted by molar-refractivity contribution is 0.0681. The molecule has 0 heterocycles. The monoisotopic (exact) mass is 395 g/mol. The fraction of sp³-hybridized carbons (Fsp3) is 0.500. The summed E-state index contributed by atoms with van der Waals surface area (Å²) in [6.45, 7) is 4.65. The van der Waals surface area contributed by atoms with Gasteiger partial charge in [0.15, 0.2) is 0 Å². The second kappa shape index (κ2) is 7.94. The van der Waals surface area contributed by atoms with Crippen LogP contribution in [0, 0.1) is 3.57 Å². The van der Waals surface area contributed by atoms with Gasteiger partial charge in [-0.1, -0.05) is 13.8 Å². The summed E-state index contributed by atoms with van der Waals surface area (Å²) in [6, 6.07) is 5.20. The molecule has 19 heavy (non-hydrogen) atoms. The number of carbonyl (C=O) groups excluding carboxylic acids is 1. The van der Waals surface area contributed by atoms with Gasteiger partial charge in [0.2, 0.25) is 0 Å². The molecule has 0 aliphatic heterocycles. The van der Waals surface area contributed by atoms with Crippen LogP contribution in [0.25, 0.3) is 0 Å². The third-order valence-corrected chi connectivity index (χ3v) is 4.24. The molecule has 1 N–H and O–H groups in total. The number of alkyl halides is 1. The smallest absolute Gasteiger partial charge is 0.254 e. The number of nitrogens with zero attached hydrogens (tertiary/aromatic N) is 1. The van der Waals surface area contributed by atoms with Gasteiger partial charge in [-0.15, -0.1) is 11.6 Å². The number of amides is 1. The minimum atomic E-state index is -0.0685. The summed E-state index contributed by atoms with van der Waals surface area (Å²) in [7, 11) is 0. The van der Waals surface area contributed by atoms with Gasteiger partial charge in [0.25, 0.3) is 5.91 Å². The number of rotatable bonds is 6. The first-order valence-electron chi connectivity index (χ1n) is 6.40. The average molecular weight is 396 g/mol. The van der Waals surface area contributed by atoms with E-state index in [-0.39, 0.29) is 17.7 Å². The average Bonchev–Trinajstić information content (AvgIpc) is 2.41. The Bertz CT molecular complexity index is 435. The van der Waals surface area contributed by atoms with Crippen molar-refractivity contribution in [2.24, 2.45) is 0 Å². The van der Waals surface area contributed by atoms with E-state index in [2.05, 4.69) is 13.8 Å². The summed E-state index contributed by atoms with van der Waals surface area (Å²) < 4.78 is 0.737. The Kier molecular flexibility index (Phi) is 6.93. The minimum Gasteiger partial charge on any atom is -0.507 e. The van der Waals surface area contributed by atoms with Crippen LogP contribution in [0.5, 0.6) is 5.75 Å². The molecule has 0 fully saturated rings. The molecule has 1 rings (SSSR count). The first-order valence-corrected chi connectivity index (χ1v) is 8.01. The molecule has 0 aliphatic carbocycles. The predicted octanol–water partition coefficient (Wildman–Crippen LogP) is 3.87. The van der Waals surface area contributed by atoms with Crippen LogP contribution in [0.4, 0.5) is 0 Å². The highest BCUT2D eigenvalue weighted by Crippen LogP contribution is 2.22. The largest absolute Gasteiger partial charge is 0.507 e. The maximum Gasteiger partial charge on any atom is 0.254 e. The molecule has 0 aromatic heterocycles. The van der Waals surface area contributed by atoms with E-state index in [9.17, 15) is 9.90 Å². The Morgan fingerprint density at radius 2 is 2.05 bits per heavy atom. The number of carbonyl (C=O) groups is 1. The molecule has 0 aliphatic rings. The molecule has 3 nitrogen and oxygen atoms in total. The van der Waals surface area contributed by atoms with Crippen LogP contribution in [0.1, 0.15) is 37.0 Å². The third kappa shape index (κ3) is 4.24. The number of hydrogen-bond acceptors (Lipinski definition) is 2. The van der Waals surface area contributed by atoms with Crippen LogP contribution in [0.15, 0.2) is 18.2 Å². The molecular weight excluding hydrogens is 377 g/mol. The zero-order chi connectivity index (χ0) is 14.4. The van der Waals surface area contributed by atoms with Crippen LogP contribution < -0.4 is 0 Å². The highest BCUT2D eigenvalue weighted by molar-refractivity contribution is 14.1. The lowest BCUT2D eigenvalue weighted by Crippen LogP contribution is -2.41. The normalized spacial score (nSPS) is 10.8. The molecule has 0 spiro atoms. The summed E-state index contributed by atoms with van der Waals surface area (Å²) >= 11 is 7.83. The topological polar surface area (TPSA) is 40.5 Å². The Balaban J connectivity index is 3.01. The van der Waals surface area contributed by atoms with Crippen molar-refractivity contribution in [1.29, 1.82) is 0 Å². The maximum absolute atomic E-state index is 12.5. The lowest BCUT2D eigenvalue weighted by Gasteiger charge is -2.30. The van der Waals surface area contributed by atoms with E-state index in [0.29, 0.717) is 18.0 Å². The Labute approximate surface area is 133 Å². The standard InChI is InChI=1S/C14H19ClINO2/c1-3-11(4-2)17(8-7-15)14(19)10-5-6-12(16)13(18)9-10/h5-6,9,11,18H,3-4,7-8H2,1-2H3. The minimum absolute atomic E-state index is 0.0685. The lowest BCUT2D eigenvalue weighted by atomic mass is 10.1. The molecule has 1 aromatic rings. The van der Waals surface area contributed by atoms with Crippen molar-refractivity contribution in [1.82, 2.24) is 4.90 Å². The first kappa shape index (κ1) is 16.6. The highest BCUT2D eigenvalue weighted by Gasteiger charge is 2.22. The second-order valence-electron chi connectivity index (χ2n) is 4.32. The quantitative estimate of drug-likeness (QED) is 0.587. The van der Waals surface area contributed by atoms with E-state index in [1.807, 2.05) is 22.6 Å². The van der Waals surface area contributed by atoms with E-state index < -0.39 is 0 Å². The summed E-state index contributed by atoms with van der Waals surface area (Å²) in [5.41, 5.74) is 0.509. The van der Waals surface area contributed by atoms with Crippen LogP contribution in [-0.2, 0) is 0 Å². The van der Waals surface area contributed by atoms with Gasteiger partial charge in [0.1, 0.15) is 5.75 Å². The van der Waals surface area contributed by atoms with Crippen molar-refractivity contribution in [3.05, 3.63) is 27.3 Å². The molecule has 1 aromatic carbocycles. The van der Waals surface area contributed by atoms with Gasteiger partial charge in [0.05, 0.1) is 3.57 Å². The van der Waals surface area contributed by atoms with Crippen LogP contribution >= 0.6 is 34.2 Å². The Hall–Kier alpha value is -0.490. The van der Waals surface area contributed by atoms with Gasteiger partial charge in [-0.05, 0) is 53.6 Å². The second-order valence-corrected chi connectivity index (χ2v) is 5.86. The van der Waals surface area contributed by atoms with Crippen LogP contribution in [0.2, 0.25) is 0 Å². The third-order valence-electron chi connectivity index (χ3n) is 3.16. The summed E-state index contributed by atoms with van der Waals surface area (Å²) in [5.74, 6) is 0.487. The molecule has 0 saturated heterocycles. The van der Waals surface area contributed by atoms with Gasteiger partial charge in [-0.3, -0.25) is 4.79 Å². The van der Waals surface area contributed by atoms with Gasteiger partial charge in [-0.25, -0.2) is 0 Å². The maximum atomic E-state index is 12.5. The number of phenols is 1. The fourth-order valence-electron chi connectivity index (χ4n) is 2.08. The number of phenolic OH excluding ortho intramolecular Hbond substituents is 1. The highest BCUT2D eigenvalue weighted by atomic mass is 127. The SMILES string of the molecule is CCC(CC)N(CCCl)C(=O)c1ccc(I)c(O)c1. The zero-order valence-corrected chi connectivity index (χ0v) is 14.1. The van der Waals surface area contributed by atoms with E-state index in [0.717, 1.165) is 16.4 Å². The van der Waals surface area contributed by atoms with Crippen molar-refractivity contribution in [2.75, 3.05) is 12.4 Å². The number of aromatic hydroxyl groups is 1. The summed E-state index contributed by atoms with van der Waals surface area (Å²) in [5, 5.41) is 9.71. The molecule has 0 saturated carbocycles. The Morgan fingerprint density at radius 3 is 2.53 bits per heavy atom. The number of hydrogen-bond donors (Lipinski definition) is 1. The molecule has 5 heteroatoms. The van der Waals surface area contributed by atoms with Crippen LogP contribution in [0.3, 0.4) is 0 Å². The van der Waals surface area contributed by atoms with Gasteiger partial charge >= 0.3 is 0 Å². The molecular formula is C14H19ClINO2. The zero-order valence-electron chi connectivity index (χ0n) is 11.2. The summed E-state index contributed by atoms with van der Waals surface area (Å²) in [4.78, 5) is 14.3. The molecule has 0 unspecified atom stereocenters. The van der Waals surface area contributed by atoms with Crippen molar-refractivity contribution >= 4 is 40.1 Å². The Morgan fingerprint density at radius 1 is 1.42 bits per heavy atom. The number of benzene rings is 1. The molecule has 0 bridgehead atoms.